The van der Waals surface area contributed by atoms with Crippen LogP contribution >= 0.6 is 0 Å². The van der Waals surface area contributed by atoms with Crippen LogP contribution in [0.5, 0.6) is 0 Å². The maximum absolute atomic E-state index is 4.40. The average Bonchev–Trinajstić information content (AvgIpc) is 2.77. The van der Waals surface area contributed by atoms with Crippen molar-refractivity contribution in [1.29, 1.82) is 0 Å². The van der Waals surface area contributed by atoms with Crippen molar-refractivity contribution in [2.75, 3.05) is 0 Å². The standard InChI is InChI=1S/C12H17N5/c1-4-11-14-16-17(15-11)9-12(2,3)10-7-5-6-8-13-10/h5-8H,4,9H2,1-3H3/p+1. The minimum Gasteiger partial charge on any atom is -0.261 e. The van der Waals surface area contributed by atoms with Crippen molar-refractivity contribution in [3.63, 3.8) is 0 Å². The van der Waals surface area contributed by atoms with E-state index < -0.39 is 0 Å². The lowest BCUT2D eigenvalue weighted by Crippen LogP contribution is -2.47. The normalized spacial score (nSPS) is 11.7. The van der Waals surface area contributed by atoms with Crippen molar-refractivity contribution < 1.29 is 4.80 Å². The molecule has 5 heteroatoms. The summed E-state index contributed by atoms with van der Waals surface area (Å²) in [7, 11) is 0. The van der Waals surface area contributed by atoms with E-state index in [4.69, 9.17) is 0 Å². The molecule has 0 saturated heterocycles. The number of tetrazole rings is 1. The third-order valence-electron chi connectivity index (χ3n) is 2.75. The van der Waals surface area contributed by atoms with Gasteiger partial charge >= 0.3 is 5.82 Å². The monoisotopic (exact) mass is 232 g/mol. The minimum atomic E-state index is -0.0729. The van der Waals surface area contributed by atoms with Crippen LogP contribution in [0.15, 0.2) is 24.4 Å². The number of nitrogens with zero attached hydrogens (tertiary/aromatic N) is 4. The van der Waals surface area contributed by atoms with Gasteiger partial charge < -0.3 is 0 Å². The maximum Gasteiger partial charge on any atom is 0.308 e. The number of H-pyrrole nitrogens is 1. The number of aromatic amines is 1. The number of aryl methyl sites for hydroxylation is 1. The van der Waals surface area contributed by atoms with E-state index in [0.29, 0.717) is 0 Å². The molecule has 0 amide bonds. The molecular formula is C12H18N5+. The van der Waals surface area contributed by atoms with E-state index in [-0.39, 0.29) is 5.41 Å². The Morgan fingerprint density at radius 1 is 1.35 bits per heavy atom. The summed E-state index contributed by atoms with van der Waals surface area (Å²) >= 11 is 0. The van der Waals surface area contributed by atoms with Crippen molar-refractivity contribution in [3.8, 4) is 0 Å². The Kier molecular flexibility index (Phi) is 3.17. The molecule has 0 saturated carbocycles. The van der Waals surface area contributed by atoms with Gasteiger partial charge in [0.25, 0.3) is 0 Å². The molecule has 2 heterocycles. The van der Waals surface area contributed by atoms with E-state index in [1.807, 2.05) is 31.3 Å². The number of nitrogens with one attached hydrogen (secondary N) is 1. The smallest absolute Gasteiger partial charge is 0.261 e. The van der Waals surface area contributed by atoms with Gasteiger partial charge in [0, 0.05) is 18.0 Å². The molecule has 90 valence electrons. The van der Waals surface area contributed by atoms with Gasteiger partial charge in [0.2, 0.25) is 0 Å². The molecule has 0 spiro atoms. The van der Waals surface area contributed by atoms with Gasteiger partial charge in [0.05, 0.1) is 10.8 Å². The summed E-state index contributed by atoms with van der Waals surface area (Å²) in [4.78, 5) is 6.17. The second kappa shape index (κ2) is 4.61. The predicted molar refractivity (Wildman–Crippen MR) is 63.2 cm³/mol. The van der Waals surface area contributed by atoms with E-state index in [9.17, 15) is 0 Å². The molecule has 0 aromatic carbocycles. The van der Waals surface area contributed by atoms with Gasteiger partial charge in [-0.3, -0.25) is 4.98 Å². The van der Waals surface area contributed by atoms with Crippen molar-refractivity contribution in [2.45, 2.75) is 39.2 Å². The second-order valence-electron chi connectivity index (χ2n) is 4.74. The molecular weight excluding hydrogens is 214 g/mol. The number of aromatic nitrogens is 5. The highest BCUT2D eigenvalue weighted by Crippen LogP contribution is 2.20. The lowest BCUT2D eigenvalue weighted by molar-refractivity contribution is -0.811. The van der Waals surface area contributed by atoms with Crippen molar-refractivity contribution in [2.24, 2.45) is 0 Å². The zero-order valence-electron chi connectivity index (χ0n) is 10.5. The van der Waals surface area contributed by atoms with Gasteiger partial charge in [0.15, 0.2) is 0 Å². The fourth-order valence-corrected chi connectivity index (χ4v) is 1.74. The summed E-state index contributed by atoms with van der Waals surface area (Å²) in [5.41, 5.74) is 0.984. The second-order valence-corrected chi connectivity index (χ2v) is 4.74. The Hall–Kier alpha value is -1.78. The molecule has 2 aromatic heterocycles. The van der Waals surface area contributed by atoms with Gasteiger partial charge in [-0.1, -0.05) is 31.6 Å². The first kappa shape index (κ1) is 11.7. The third kappa shape index (κ3) is 2.67. The fraction of sp³-hybridized carbons (Fsp3) is 0.500. The highest BCUT2D eigenvalue weighted by atomic mass is 15.6. The molecule has 5 nitrogen and oxygen atoms in total. The van der Waals surface area contributed by atoms with Crippen LogP contribution in [-0.4, -0.2) is 20.4 Å². The van der Waals surface area contributed by atoms with Gasteiger partial charge in [-0.2, -0.15) is 0 Å². The van der Waals surface area contributed by atoms with Crippen LogP contribution in [-0.2, 0) is 18.4 Å². The van der Waals surface area contributed by atoms with Gasteiger partial charge in [-0.25, -0.2) is 0 Å². The van der Waals surface area contributed by atoms with Gasteiger partial charge in [-0.05, 0) is 22.4 Å². The summed E-state index contributed by atoms with van der Waals surface area (Å²) in [6.45, 7) is 7.07. The quantitative estimate of drug-likeness (QED) is 0.801. The first-order valence-corrected chi connectivity index (χ1v) is 5.85. The predicted octanol–water partition coefficient (Wildman–Crippen LogP) is 1.03. The molecule has 17 heavy (non-hydrogen) atoms. The Labute approximate surface area is 101 Å². The Balaban J connectivity index is 2.17. The van der Waals surface area contributed by atoms with E-state index >= 15 is 0 Å². The summed E-state index contributed by atoms with van der Waals surface area (Å²) in [5, 5.41) is 11.4. The molecule has 0 unspecified atom stereocenters. The zero-order chi connectivity index (χ0) is 12.3. The summed E-state index contributed by atoms with van der Waals surface area (Å²) in [6, 6.07) is 5.97. The molecule has 1 N–H and O–H groups in total. The summed E-state index contributed by atoms with van der Waals surface area (Å²) in [5.74, 6) is 0.835. The first-order valence-electron chi connectivity index (χ1n) is 5.85. The Morgan fingerprint density at radius 3 is 2.76 bits per heavy atom. The molecule has 0 aliphatic rings. The van der Waals surface area contributed by atoms with Crippen LogP contribution in [0.4, 0.5) is 0 Å². The van der Waals surface area contributed by atoms with E-state index in [2.05, 4.69) is 34.2 Å². The SMILES string of the molecule is CCc1n[nH][n+](CC(C)(C)c2ccccn2)n1. The topological polar surface area (TPSA) is 58.3 Å². The number of hydrogen-bond acceptors (Lipinski definition) is 3. The molecule has 2 rings (SSSR count). The van der Waals surface area contributed by atoms with E-state index in [0.717, 1.165) is 24.5 Å². The van der Waals surface area contributed by atoms with Crippen LogP contribution in [0.1, 0.15) is 32.3 Å². The van der Waals surface area contributed by atoms with Crippen LogP contribution < -0.4 is 4.80 Å². The zero-order valence-corrected chi connectivity index (χ0v) is 10.5. The Bertz CT molecular complexity index is 475. The first-order chi connectivity index (χ1) is 8.12. The molecule has 0 atom stereocenters. The average molecular weight is 232 g/mol. The number of pyridine rings is 1. The maximum atomic E-state index is 4.40. The number of rotatable bonds is 4. The Morgan fingerprint density at radius 2 is 2.18 bits per heavy atom. The fourth-order valence-electron chi connectivity index (χ4n) is 1.74. The largest absolute Gasteiger partial charge is 0.308 e. The van der Waals surface area contributed by atoms with Gasteiger partial charge in [-0.15, -0.1) is 0 Å². The van der Waals surface area contributed by atoms with E-state index in [1.54, 1.807) is 4.80 Å². The van der Waals surface area contributed by atoms with Crippen molar-refractivity contribution in [1.82, 2.24) is 20.4 Å². The molecule has 2 aromatic rings. The molecule has 0 aliphatic heterocycles. The highest BCUT2D eigenvalue weighted by Gasteiger charge is 2.27. The lowest BCUT2D eigenvalue weighted by Gasteiger charge is -2.19. The van der Waals surface area contributed by atoms with Crippen molar-refractivity contribution >= 4 is 0 Å². The third-order valence-corrected chi connectivity index (χ3v) is 2.75. The molecule has 0 radical (unpaired) electrons. The number of hydrogen-bond donors (Lipinski definition) is 1. The van der Waals surface area contributed by atoms with E-state index in [1.165, 1.54) is 0 Å². The molecule has 0 fully saturated rings. The van der Waals surface area contributed by atoms with Crippen molar-refractivity contribution in [3.05, 3.63) is 35.9 Å². The minimum absolute atomic E-state index is 0.0729. The summed E-state index contributed by atoms with van der Waals surface area (Å²) < 4.78 is 0. The van der Waals surface area contributed by atoms with Crippen LogP contribution in [0.3, 0.4) is 0 Å². The summed E-state index contributed by atoms with van der Waals surface area (Å²) in [6.07, 6.45) is 2.66. The van der Waals surface area contributed by atoms with Crippen LogP contribution in [0.25, 0.3) is 0 Å². The molecule has 0 bridgehead atoms. The van der Waals surface area contributed by atoms with Crippen LogP contribution in [0.2, 0.25) is 0 Å². The lowest BCUT2D eigenvalue weighted by atomic mass is 9.89. The molecule has 0 aliphatic carbocycles. The van der Waals surface area contributed by atoms with Crippen LogP contribution in [0, 0.1) is 0 Å². The van der Waals surface area contributed by atoms with Gasteiger partial charge in [0.1, 0.15) is 6.54 Å². The highest BCUT2D eigenvalue weighted by molar-refractivity contribution is 5.13.